The van der Waals surface area contributed by atoms with E-state index in [9.17, 15) is 22.4 Å². The highest BCUT2D eigenvalue weighted by Gasteiger charge is 2.36. The molecule has 5 rings (SSSR count). The molecule has 42 heavy (non-hydrogen) atoms. The third kappa shape index (κ3) is 6.36. The number of thiazole rings is 1. The number of hydrogen-bond donors (Lipinski definition) is 2. The maximum absolute atomic E-state index is 14.3. The monoisotopic (exact) mass is 618 g/mol. The molecule has 0 radical (unpaired) electrons. The van der Waals surface area contributed by atoms with Crippen LogP contribution in [0.2, 0.25) is 0 Å². The Hall–Kier alpha value is -3.31. The van der Waals surface area contributed by atoms with Crippen LogP contribution in [0.1, 0.15) is 66.9 Å². The second kappa shape index (κ2) is 12.1. The van der Waals surface area contributed by atoms with Crippen molar-refractivity contribution in [2.75, 3.05) is 11.8 Å². The van der Waals surface area contributed by atoms with Gasteiger partial charge in [-0.15, -0.1) is 11.3 Å². The van der Waals surface area contributed by atoms with Crippen LogP contribution in [0.15, 0.2) is 53.4 Å². The lowest BCUT2D eigenvalue weighted by molar-refractivity contribution is -0.137. The first-order chi connectivity index (χ1) is 19.9. The molecule has 0 atom stereocenters. The van der Waals surface area contributed by atoms with E-state index in [1.54, 1.807) is 24.3 Å². The Morgan fingerprint density at radius 1 is 1.10 bits per heavy atom. The Balaban J connectivity index is 1.39. The molecule has 0 unspecified atom stereocenters. The summed E-state index contributed by atoms with van der Waals surface area (Å²) in [6.07, 6.45) is -0.649. The minimum Gasteiger partial charge on any atom is -0.495 e. The fourth-order valence-corrected chi connectivity index (χ4v) is 7.20. The number of aromatic nitrogens is 1. The molecule has 0 amide bonds. The summed E-state index contributed by atoms with van der Waals surface area (Å²) in [7, 11) is 1.34. The molecule has 1 aromatic heterocycles. The number of nitrogens with one attached hydrogen (secondary N) is 1. The van der Waals surface area contributed by atoms with Crippen LogP contribution in [-0.2, 0) is 6.18 Å². The number of methoxy groups -OCH3 is 1. The average molecular weight is 619 g/mol. The number of hydrogen-bond acceptors (Lipinski definition) is 6. The zero-order chi connectivity index (χ0) is 30.2. The number of nitrogens with zero attached hydrogens (tertiary/aromatic N) is 1. The molecule has 0 spiro atoms. The zero-order valence-electron chi connectivity index (χ0n) is 23.2. The Bertz CT molecular complexity index is 1610. The largest absolute Gasteiger partial charge is 0.495 e. The number of rotatable bonds is 8. The number of halogens is 4. The van der Waals surface area contributed by atoms with Crippen molar-refractivity contribution in [1.29, 1.82) is 0 Å². The second-order valence-corrected chi connectivity index (χ2v) is 12.8. The van der Waals surface area contributed by atoms with Crippen molar-refractivity contribution in [1.82, 2.24) is 4.98 Å². The molecule has 0 aliphatic heterocycles. The minimum absolute atomic E-state index is 0.0642. The number of fused-ring (bicyclic) bond motifs is 1. The van der Waals surface area contributed by atoms with Crippen LogP contribution in [0.25, 0.3) is 20.8 Å². The lowest BCUT2D eigenvalue weighted by Gasteiger charge is -2.31. The van der Waals surface area contributed by atoms with Crippen molar-refractivity contribution in [3.8, 4) is 16.3 Å². The van der Waals surface area contributed by atoms with Gasteiger partial charge in [0.2, 0.25) is 0 Å². The van der Waals surface area contributed by atoms with Gasteiger partial charge in [-0.1, -0.05) is 26.0 Å². The van der Waals surface area contributed by atoms with Gasteiger partial charge in [0, 0.05) is 16.5 Å². The number of anilines is 1. The molecule has 5 nitrogen and oxygen atoms in total. The molecule has 222 valence electrons. The van der Waals surface area contributed by atoms with Crippen molar-refractivity contribution in [2.45, 2.75) is 56.5 Å². The third-order valence-corrected chi connectivity index (χ3v) is 9.80. The minimum atomic E-state index is -4.52. The SMILES string of the molecule is COc1cc(C(=O)O)c(F)cc1NSc1ccc2sc(-c3ccc(C4CCC(C(C)C)CC4)cc3C(F)(F)F)nc2c1. The molecule has 1 aliphatic rings. The highest BCUT2D eigenvalue weighted by Crippen LogP contribution is 2.44. The van der Waals surface area contributed by atoms with Gasteiger partial charge in [0.1, 0.15) is 16.6 Å². The maximum Gasteiger partial charge on any atom is 0.417 e. The standard InChI is InChI=1S/C31H30F4N2O3S2/c1-16(2)17-4-6-18(7-5-17)19-8-10-21(23(12-19)31(33,34)35)29-36-26-13-20(9-11-28(26)41-29)42-37-25-15-24(32)22(30(38)39)14-27(25)40-3/h8-18,37H,4-7H2,1-3H3,(H,38,39). The van der Waals surface area contributed by atoms with Gasteiger partial charge in [0.25, 0.3) is 0 Å². The summed E-state index contributed by atoms with van der Waals surface area (Å²) in [6.45, 7) is 4.41. The van der Waals surface area contributed by atoms with Crippen LogP contribution in [0, 0.1) is 17.7 Å². The lowest BCUT2D eigenvalue weighted by atomic mass is 9.74. The molecule has 3 aromatic carbocycles. The number of aromatic carboxylic acids is 1. The van der Waals surface area contributed by atoms with Gasteiger partial charge in [0.15, 0.2) is 0 Å². The lowest BCUT2D eigenvalue weighted by Crippen LogP contribution is -2.18. The summed E-state index contributed by atoms with van der Waals surface area (Å²) in [6, 6.07) is 12.1. The summed E-state index contributed by atoms with van der Waals surface area (Å²) in [4.78, 5) is 16.4. The molecule has 1 fully saturated rings. The average Bonchev–Trinajstić information content (AvgIpc) is 3.38. The molecule has 11 heteroatoms. The fraction of sp³-hybridized carbons (Fsp3) is 0.355. The van der Waals surface area contributed by atoms with Gasteiger partial charge >= 0.3 is 12.1 Å². The smallest absolute Gasteiger partial charge is 0.417 e. The van der Waals surface area contributed by atoms with E-state index < -0.39 is 29.1 Å². The normalized spacial score (nSPS) is 17.5. The Morgan fingerprint density at radius 3 is 2.48 bits per heavy atom. The van der Waals surface area contributed by atoms with Crippen molar-refractivity contribution in [2.24, 2.45) is 11.8 Å². The van der Waals surface area contributed by atoms with Crippen molar-refractivity contribution < 1.29 is 32.2 Å². The van der Waals surface area contributed by atoms with Gasteiger partial charge in [-0.3, -0.25) is 0 Å². The Morgan fingerprint density at radius 2 is 1.83 bits per heavy atom. The number of carboxylic acid groups (broad SMARTS) is 1. The van der Waals surface area contributed by atoms with Gasteiger partial charge in [-0.05, 0) is 91.3 Å². The predicted molar refractivity (Wildman–Crippen MR) is 159 cm³/mol. The summed E-state index contributed by atoms with van der Waals surface area (Å²) >= 11 is 2.31. The molecule has 1 heterocycles. The second-order valence-electron chi connectivity index (χ2n) is 10.8. The van der Waals surface area contributed by atoms with E-state index in [-0.39, 0.29) is 27.9 Å². The molecule has 1 aliphatic carbocycles. The van der Waals surface area contributed by atoms with Crippen LogP contribution in [-0.4, -0.2) is 23.2 Å². The summed E-state index contributed by atoms with van der Waals surface area (Å²) in [5.41, 5.74) is 0.391. The summed E-state index contributed by atoms with van der Waals surface area (Å²) in [5, 5.41) is 9.43. The first kappa shape index (κ1) is 30.2. The van der Waals surface area contributed by atoms with Gasteiger partial charge in [-0.25, -0.2) is 14.2 Å². The van der Waals surface area contributed by atoms with Crippen molar-refractivity contribution in [3.63, 3.8) is 0 Å². The van der Waals surface area contributed by atoms with Crippen LogP contribution < -0.4 is 9.46 Å². The number of carbonyl (C=O) groups is 1. The van der Waals surface area contributed by atoms with E-state index in [4.69, 9.17) is 9.84 Å². The van der Waals surface area contributed by atoms with E-state index in [0.717, 1.165) is 60.0 Å². The number of benzene rings is 3. The quantitative estimate of drug-likeness (QED) is 0.151. The summed E-state index contributed by atoms with van der Waals surface area (Å²) in [5.74, 6) is -0.833. The highest BCUT2D eigenvalue weighted by molar-refractivity contribution is 8.00. The predicted octanol–water partition coefficient (Wildman–Crippen LogP) is 9.88. The maximum atomic E-state index is 14.3. The molecule has 0 saturated heterocycles. The molecule has 4 aromatic rings. The molecule has 1 saturated carbocycles. The van der Waals surface area contributed by atoms with E-state index in [2.05, 4.69) is 23.6 Å². The molecular weight excluding hydrogens is 588 g/mol. The van der Waals surface area contributed by atoms with Crippen LogP contribution in [0.5, 0.6) is 5.75 Å². The fourth-order valence-electron chi connectivity index (χ4n) is 5.52. The molecule has 2 N–H and O–H groups in total. The van der Waals surface area contributed by atoms with E-state index in [1.807, 2.05) is 6.07 Å². The van der Waals surface area contributed by atoms with Crippen LogP contribution in [0.3, 0.4) is 0 Å². The van der Waals surface area contributed by atoms with Crippen molar-refractivity contribution in [3.05, 3.63) is 71.0 Å². The number of alkyl halides is 3. The molecule has 0 bridgehead atoms. The summed E-state index contributed by atoms with van der Waals surface area (Å²) < 4.78 is 66.0. The Kier molecular flexibility index (Phi) is 8.71. The zero-order valence-corrected chi connectivity index (χ0v) is 24.9. The third-order valence-electron chi connectivity index (χ3n) is 7.92. The van der Waals surface area contributed by atoms with E-state index >= 15 is 0 Å². The number of carboxylic acids is 1. The Labute approximate surface area is 249 Å². The number of ether oxygens (including phenoxy) is 1. The van der Waals surface area contributed by atoms with Crippen LogP contribution in [0.4, 0.5) is 23.2 Å². The van der Waals surface area contributed by atoms with Gasteiger partial charge < -0.3 is 14.6 Å². The molecular formula is C31H30F4N2O3S2. The van der Waals surface area contributed by atoms with E-state index in [0.29, 0.717) is 22.2 Å². The van der Waals surface area contributed by atoms with Crippen LogP contribution >= 0.6 is 23.3 Å². The van der Waals surface area contributed by atoms with Crippen molar-refractivity contribution >= 4 is 45.2 Å². The topological polar surface area (TPSA) is 71.5 Å². The first-order valence-corrected chi connectivity index (χ1v) is 15.2. The van der Waals surface area contributed by atoms with E-state index in [1.165, 1.54) is 24.5 Å². The first-order valence-electron chi connectivity index (χ1n) is 13.6. The van der Waals surface area contributed by atoms with Gasteiger partial charge in [0.05, 0.1) is 34.1 Å². The highest BCUT2D eigenvalue weighted by atomic mass is 32.2. The van der Waals surface area contributed by atoms with Gasteiger partial charge in [-0.2, -0.15) is 13.2 Å².